The van der Waals surface area contributed by atoms with Gasteiger partial charge in [-0.2, -0.15) is 0 Å². The Kier molecular flexibility index (Phi) is 10.7. The Bertz CT molecular complexity index is 2160. The summed E-state index contributed by atoms with van der Waals surface area (Å²) in [6, 6.07) is -0.0465. The van der Waals surface area contributed by atoms with E-state index in [0.717, 1.165) is 57.1 Å². The highest BCUT2D eigenvalue weighted by atomic mass is 32.2. The van der Waals surface area contributed by atoms with Crippen LogP contribution in [0.4, 0.5) is 13.6 Å². The van der Waals surface area contributed by atoms with Crippen LogP contribution >= 0.6 is 0 Å². The number of carbonyl (C=O) groups excluding carboxylic acids is 4. The van der Waals surface area contributed by atoms with Gasteiger partial charge in [0.1, 0.15) is 35.1 Å². The molecule has 4 fully saturated rings. The monoisotopic (exact) mass is 825 g/mol. The zero-order valence-corrected chi connectivity index (χ0v) is 34.0. The van der Waals surface area contributed by atoms with Crippen LogP contribution in [0.2, 0.25) is 0 Å². The van der Waals surface area contributed by atoms with E-state index in [0.29, 0.717) is 73.8 Å². The van der Waals surface area contributed by atoms with Crippen molar-refractivity contribution in [3.05, 3.63) is 47.2 Å². The maximum atomic E-state index is 14.9. The number of aryl methyl sites for hydroxylation is 2. The molecule has 1 spiro atoms. The van der Waals surface area contributed by atoms with Gasteiger partial charge < -0.3 is 25.0 Å². The molecule has 2 aromatic rings. The third-order valence-electron chi connectivity index (χ3n) is 13.6. The lowest BCUT2D eigenvalue weighted by Gasteiger charge is -2.48. The van der Waals surface area contributed by atoms with Gasteiger partial charge in [-0.05, 0) is 103 Å². The lowest BCUT2D eigenvalue weighted by Crippen LogP contribution is -2.70. The summed E-state index contributed by atoms with van der Waals surface area (Å²) in [7, 11) is -4.04. The quantitative estimate of drug-likeness (QED) is 0.320. The first-order chi connectivity index (χ1) is 27.6. The largest absolute Gasteiger partial charge is 0.483 e. The van der Waals surface area contributed by atoms with E-state index in [2.05, 4.69) is 20.3 Å². The minimum absolute atomic E-state index is 0.00703. The maximum Gasteiger partial charge on any atom is 0.408 e. The normalized spacial score (nSPS) is 30.6. The number of aromatic nitrogens is 1. The van der Waals surface area contributed by atoms with Crippen molar-refractivity contribution in [2.45, 2.75) is 157 Å². The van der Waals surface area contributed by atoms with Gasteiger partial charge in [-0.25, -0.2) is 27.0 Å². The molecular formula is C42H53F2N5O8S. The molecule has 0 bridgehead atoms. The van der Waals surface area contributed by atoms with Crippen LogP contribution in [0, 0.1) is 24.5 Å². The number of carbonyl (C=O) groups is 4. The van der Waals surface area contributed by atoms with Gasteiger partial charge in [0.2, 0.25) is 21.8 Å². The second-order valence-corrected chi connectivity index (χ2v) is 19.9. The standard InChI is InChI=1S/C42H53F2N5O8S/c1-25-35-28(29-21-30(43)31(44)22-33(29)45-25)16-17-41(57-35)23-34-36(50)47-42(38(52)48-58(54,55)40(2)19-20-40)18-15-26(42)11-7-4-3-5-10-14-32(37(51)49(34)24-41)46-39(53)56-27-12-8-6-9-13-27/h7,11,21-22,26-27,32,34H,3-6,8-10,12-20,23-24H2,1-2H3,(H,46,53)(H,47,50)(H,48,52)/b11-7-/t26-,32+,34+,41-,42-/m1/s1. The Hall–Kier alpha value is -4.34. The average Bonchev–Trinajstić information content (AvgIpc) is 3.84. The van der Waals surface area contributed by atoms with Gasteiger partial charge in [-0.15, -0.1) is 0 Å². The van der Waals surface area contributed by atoms with Crippen molar-refractivity contribution in [2.24, 2.45) is 5.92 Å². The number of amides is 4. The molecule has 16 heteroatoms. The second-order valence-electron chi connectivity index (χ2n) is 17.7. The fraction of sp³-hybridized carbons (Fsp3) is 0.643. The van der Waals surface area contributed by atoms with Crippen LogP contribution in [0.1, 0.15) is 121 Å². The number of benzene rings is 1. The third-order valence-corrected chi connectivity index (χ3v) is 15.8. The van der Waals surface area contributed by atoms with E-state index in [4.69, 9.17) is 9.47 Å². The van der Waals surface area contributed by atoms with Gasteiger partial charge in [0.05, 0.1) is 22.5 Å². The molecule has 0 unspecified atom stereocenters. The van der Waals surface area contributed by atoms with Crippen LogP contribution in [-0.2, 0) is 35.6 Å². The van der Waals surface area contributed by atoms with Crippen LogP contribution in [-0.4, -0.2) is 82.7 Å². The zero-order valence-electron chi connectivity index (χ0n) is 33.2. The number of hydrogen-bond acceptors (Lipinski definition) is 9. The van der Waals surface area contributed by atoms with Crippen molar-refractivity contribution in [3.8, 4) is 5.75 Å². The van der Waals surface area contributed by atoms with E-state index in [1.165, 1.54) is 4.90 Å². The van der Waals surface area contributed by atoms with E-state index < -0.39 is 79.4 Å². The number of sulfonamides is 1. The number of ether oxygens (including phenoxy) is 2. The highest BCUT2D eigenvalue weighted by molar-refractivity contribution is 7.91. The summed E-state index contributed by atoms with van der Waals surface area (Å²) in [6.07, 6.45) is 12.7. The van der Waals surface area contributed by atoms with Crippen molar-refractivity contribution in [1.82, 2.24) is 25.2 Å². The summed E-state index contributed by atoms with van der Waals surface area (Å²) >= 11 is 0. The molecule has 13 nitrogen and oxygen atoms in total. The summed E-state index contributed by atoms with van der Waals surface area (Å²) in [5.74, 6) is -4.11. The number of fused-ring (bicyclic) bond motifs is 5. The first kappa shape index (κ1) is 40.4. The molecule has 314 valence electrons. The predicted molar refractivity (Wildman–Crippen MR) is 209 cm³/mol. The maximum absolute atomic E-state index is 14.9. The minimum atomic E-state index is -4.04. The molecule has 58 heavy (non-hydrogen) atoms. The first-order valence-electron chi connectivity index (χ1n) is 20.9. The SMILES string of the molecule is Cc1nc2cc(F)c(F)cc2c2c1O[C@]1(CC2)C[C@H]2C(=O)N[C@]3(C(=O)NS(=O)(=O)C4(C)CC4)CC[C@H]3/C=C\CCCCC[C@H](NC(=O)OC3CCCCC3)C(=O)N2C1. The van der Waals surface area contributed by atoms with Crippen molar-refractivity contribution in [3.63, 3.8) is 0 Å². The molecule has 3 aliphatic heterocycles. The number of allylic oxidation sites excluding steroid dienone is 1. The van der Waals surface area contributed by atoms with Crippen molar-refractivity contribution in [2.75, 3.05) is 6.54 Å². The van der Waals surface area contributed by atoms with E-state index in [1.807, 2.05) is 12.2 Å². The number of nitrogens with zero attached hydrogens (tertiary/aromatic N) is 2. The van der Waals surface area contributed by atoms with E-state index in [9.17, 15) is 36.4 Å². The van der Waals surface area contributed by atoms with E-state index in [-0.39, 0.29) is 31.0 Å². The number of hydrogen-bond donors (Lipinski definition) is 3. The Labute approximate surface area is 337 Å². The molecule has 4 heterocycles. The minimum Gasteiger partial charge on any atom is -0.483 e. The number of nitrogens with one attached hydrogen (secondary N) is 3. The molecule has 1 aromatic heterocycles. The van der Waals surface area contributed by atoms with Crippen LogP contribution in [0.5, 0.6) is 5.75 Å². The summed E-state index contributed by atoms with van der Waals surface area (Å²) in [6.45, 7) is 3.23. The molecule has 1 aromatic carbocycles. The highest BCUT2D eigenvalue weighted by Gasteiger charge is 2.59. The molecule has 3 saturated carbocycles. The number of alkyl carbamates (subject to hydrolysis) is 1. The summed E-state index contributed by atoms with van der Waals surface area (Å²) in [4.78, 5) is 63.1. The van der Waals surface area contributed by atoms with Crippen molar-refractivity contribution in [1.29, 1.82) is 0 Å². The number of pyridine rings is 1. The first-order valence-corrected chi connectivity index (χ1v) is 22.4. The number of rotatable bonds is 5. The third kappa shape index (κ3) is 7.53. The van der Waals surface area contributed by atoms with Crippen LogP contribution in [0.3, 0.4) is 0 Å². The van der Waals surface area contributed by atoms with E-state index in [1.54, 1.807) is 13.8 Å². The summed E-state index contributed by atoms with van der Waals surface area (Å²) in [5.41, 5.74) is -1.36. The summed E-state index contributed by atoms with van der Waals surface area (Å²) < 4.78 is 69.1. The molecule has 8 rings (SSSR count). The van der Waals surface area contributed by atoms with Crippen LogP contribution in [0.15, 0.2) is 24.3 Å². The topological polar surface area (TPSA) is 173 Å². The predicted octanol–water partition coefficient (Wildman–Crippen LogP) is 5.70. The summed E-state index contributed by atoms with van der Waals surface area (Å²) in [5, 5.41) is 6.21. The van der Waals surface area contributed by atoms with Gasteiger partial charge in [0.15, 0.2) is 11.6 Å². The fourth-order valence-corrected chi connectivity index (χ4v) is 10.9. The molecule has 3 N–H and O–H groups in total. The molecule has 6 aliphatic rings. The lowest BCUT2D eigenvalue weighted by molar-refractivity contribution is -0.144. The van der Waals surface area contributed by atoms with Gasteiger partial charge in [-0.3, -0.25) is 19.1 Å². The van der Waals surface area contributed by atoms with Gasteiger partial charge in [-0.1, -0.05) is 31.4 Å². The second kappa shape index (κ2) is 15.4. The Morgan fingerprint density at radius 1 is 0.983 bits per heavy atom. The molecule has 3 aliphatic carbocycles. The fourth-order valence-electron chi connectivity index (χ4n) is 9.57. The average molecular weight is 826 g/mol. The zero-order chi connectivity index (χ0) is 41.0. The van der Waals surface area contributed by atoms with Crippen LogP contribution in [0.25, 0.3) is 10.9 Å². The smallest absolute Gasteiger partial charge is 0.408 e. The van der Waals surface area contributed by atoms with Crippen molar-refractivity contribution >= 4 is 44.7 Å². The van der Waals surface area contributed by atoms with Crippen molar-refractivity contribution < 1.29 is 45.9 Å². The van der Waals surface area contributed by atoms with E-state index >= 15 is 0 Å². The van der Waals surface area contributed by atoms with Crippen LogP contribution < -0.4 is 20.1 Å². The Morgan fingerprint density at radius 2 is 1.71 bits per heavy atom. The molecule has 5 atom stereocenters. The lowest BCUT2D eigenvalue weighted by atomic mass is 9.65. The highest BCUT2D eigenvalue weighted by Crippen LogP contribution is 2.47. The Morgan fingerprint density at radius 3 is 2.43 bits per heavy atom. The van der Waals surface area contributed by atoms with Gasteiger partial charge in [0, 0.05) is 29.4 Å². The molecule has 1 saturated heterocycles. The molecular weight excluding hydrogens is 773 g/mol. The van der Waals surface area contributed by atoms with Gasteiger partial charge in [0.25, 0.3) is 5.91 Å². The Balaban J connectivity index is 1.13. The number of halogens is 2. The van der Waals surface area contributed by atoms with Gasteiger partial charge >= 0.3 is 6.09 Å². The molecule has 0 radical (unpaired) electrons. The molecule has 4 amide bonds.